The Morgan fingerprint density at radius 1 is 1.21 bits per heavy atom. The number of benzene rings is 1. The molecule has 132 valence electrons. The van der Waals surface area contributed by atoms with Gasteiger partial charge in [0.05, 0.1) is 10.8 Å². The van der Waals surface area contributed by atoms with Gasteiger partial charge in [-0.25, -0.2) is 12.7 Å². The molecule has 0 saturated carbocycles. The second-order valence-corrected chi connectivity index (χ2v) is 8.17. The van der Waals surface area contributed by atoms with Crippen molar-refractivity contribution in [3.63, 3.8) is 0 Å². The largest absolute Gasteiger partial charge is 0.339 e. The molecule has 0 radical (unpaired) electrons. The van der Waals surface area contributed by atoms with Crippen LogP contribution < -0.4 is 5.32 Å². The SMILES string of the molecule is CNC(C)Cc1noc(C(C)c2ccc(S(=O)(=O)N(C)C)cc2)n1. The highest BCUT2D eigenvalue weighted by molar-refractivity contribution is 7.89. The fourth-order valence-electron chi connectivity index (χ4n) is 2.18. The Bertz CT molecular complexity index is 769. The van der Waals surface area contributed by atoms with Crippen molar-refractivity contribution in [3.05, 3.63) is 41.5 Å². The van der Waals surface area contributed by atoms with Crippen LogP contribution in [0.25, 0.3) is 0 Å². The summed E-state index contributed by atoms with van der Waals surface area (Å²) in [5, 5.41) is 7.13. The van der Waals surface area contributed by atoms with E-state index in [0.717, 1.165) is 5.56 Å². The highest BCUT2D eigenvalue weighted by atomic mass is 32.2. The maximum absolute atomic E-state index is 12.1. The topological polar surface area (TPSA) is 88.3 Å². The molecule has 2 unspecified atom stereocenters. The minimum atomic E-state index is -3.42. The van der Waals surface area contributed by atoms with Crippen LogP contribution in [0.4, 0.5) is 0 Å². The molecule has 8 heteroatoms. The summed E-state index contributed by atoms with van der Waals surface area (Å²) in [4.78, 5) is 4.69. The summed E-state index contributed by atoms with van der Waals surface area (Å²) >= 11 is 0. The summed E-state index contributed by atoms with van der Waals surface area (Å²) in [5.74, 6) is 1.08. The van der Waals surface area contributed by atoms with Crippen molar-refractivity contribution >= 4 is 10.0 Å². The lowest BCUT2D eigenvalue weighted by atomic mass is 10.0. The molecule has 2 rings (SSSR count). The molecule has 1 aromatic heterocycles. The van der Waals surface area contributed by atoms with Crippen molar-refractivity contribution < 1.29 is 12.9 Å². The zero-order valence-corrected chi connectivity index (χ0v) is 15.5. The van der Waals surface area contributed by atoms with E-state index in [-0.39, 0.29) is 16.9 Å². The first-order valence-electron chi connectivity index (χ1n) is 7.78. The predicted molar refractivity (Wildman–Crippen MR) is 91.4 cm³/mol. The number of aromatic nitrogens is 2. The summed E-state index contributed by atoms with van der Waals surface area (Å²) in [6.07, 6.45) is 0.687. The second kappa shape index (κ2) is 7.42. The Kier molecular flexibility index (Phi) is 5.74. The predicted octanol–water partition coefficient (Wildman–Crippen LogP) is 1.62. The number of nitrogens with one attached hydrogen (secondary N) is 1. The lowest BCUT2D eigenvalue weighted by Gasteiger charge is -2.12. The van der Waals surface area contributed by atoms with Crippen LogP contribution in [0, 0.1) is 0 Å². The maximum Gasteiger partial charge on any atom is 0.242 e. The van der Waals surface area contributed by atoms with Crippen LogP contribution in [0.3, 0.4) is 0 Å². The number of nitrogens with zero attached hydrogens (tertiary/aromatic N) is 3. The average Bonchev–Trinajstić information content (AvgIpc) is 3.02. The Morgan fingerprint density at radius 3 is 2.38 bits per heavy atom. The maximum atomic E-state index is 12.1. The summed E-state index contributed by atoms with van der Waals surface area (Å²) < 4.78 is 30.7. The van der Waals surface area contributed by atoms with E-state index in [4.69, 9.17) is 4.52 Å². The molecule has 0 spiro atoms. The van der Waals surface area contributed by atoms with Crippen LogP contribution in [0.1, 0.15) is 37.0 Å². The van der Waals surface area contributed by atoms with Crippen molar-refractivity contribution in [1.29, 1.82) is 0 Å². The number of hydrogen-bond acceptors (Lipinski definition) is 6. The van der Waals surface area contributed by atoms with Gasteiger partial charge in [0.25, 0.3) is 0 Å². The molecule has 0 aliphatic heterocycles. The third-order valence-corrected chi connectivity index (χ3v) is 5.82. The summed E-state index contributed by atoms with van der Waals surface area (Å²) in [7, 11) is 1.49. The first-order valence-corrected chi connectivity index (χ1v) is 9.22. The Labute approximate surface area is 143 Å². The summed E-state index contributed by atoms with van der Waals surface area (Å²) in [6.45, 7) is 4.00. The Hall–Kier alpha value is -1.77. The van der Waals surface area contributed by atoms with Crippen molar-refractivity contribution in [2.24, 2.45) is 0 Å². The monoisotopic (exact) mass is 352 g/mol. The molecule has 0 aliphatic rings. The number of likely N-dealkylation sites (N-methyl/N-ethyl adjacent to an activating group) is 1. The van der Waals surface area contributed by atoms with Gasteiger partial charge in [0, 0.05) is 26.6 Å². The van der Waals surface area contributed by atoms with Gasteiger partial charge in [0.1, 0.15) is 0 Å². The molecule has 1 aromatic carbocycles. The molecule has 2 aromatic rings. The van der Waals surface area contributed by atoms with Crippen LogP contribution in [-0.4, -0.2) is 50.0 Å². The molecule has 0 amide bonds. The van der Waals surface area contributed by atoms with E-state index in [2.05, 4.69) is 15.5 Å². The molecular formula is C16H24N4O3S. The van der Waals surface area contributed by atoms with Crippen molar-refractivity contribution in [2.75, 3.05) is 21.1 Å². The first-order chi connectivity index (χ1) is 11.3. The van der Waals surface area contributed by atoms with E-state index in [1.807, 2.05) is 20.9 Å². The fourth-order valence-corrected chi connectivity index (χ4v) is 3.09. The smallest absolute Gasteiger partial charge is 0.242 e. The molecule has 0 saturated heterocycles. The van der Waals surface area contributed by atoms with E-state index in [1.165, 1.54) is 18.4 Å². The van der Waals surface area contributed by atoms with Gasteiger partial charge in [-0.1, -0.05) is 17.3 Å². The molecule has 1 heterocycles. The zero-order chi connectivity index (χ0) is 17.9. The van der Waals surface area contributed by atoms with Crippen LogP contribution in [0.2, 0.25) is 0 Å². The van der Waals surface area contributed by atoms with Crippen LogP contribution in [-0.2, 0) is 16.4 Å². The molecular weight excluding hydrogens is 328 g/mol. The molecule has 7 nitrogen and oxygen atoms in total. The molecule has 0 bridgehead atoms. The van der Waals surface area contributed by atoms with Crippen LogP contribution >= 0.6 is 0 Å². The minimum absolute atomic E-state index is 0.104. The van der Waals surface area contributed by atoms with E-state index in [0.29, 0.717) is 18.1 Å². The van der Waals surface area contributed by atoms with E-state index in [1.54, 1.807) is 24.3 Å². The van der Waals surface area contributed by atoms with E-state index >= 15 is 0 Å². The fraction of sp³-hybridized carbons (Fsp3) is 0.500. The van der Waals surface area contributed by atoms with Gasteiger partial charge < -0.3 is 9.84 Å². The standard InChI is InChI=1S/C16H24N4O3S/c1-11(17-3)10-15-18-16(23-19-15)12(2)13-6-8-14(9-7-13)24(21,22)20(4)5/h6-9,11-12,17H,10H2,1-5H3. The van der Waals surface area contributed by atoms with Gasteiger partial charge >= 0.3 is 0 Å². The zero-order valence-electron chi connectivity index (χ0n) is 14.6. The van der Waals surface area contributed by atoms with Gasteiger partial charge in [0.2, 0.25) is 15.9 Å². The summed E-state index contributed by atoms with van der Waals surface area (Å²) in [5.41, 5.74) is 0.921. The van der Waals surface area contributed by atoms with E-state index < -0.39 is 10.0 Å². The first kappa shape index (κ1) is 18.6. The molecule has 1 N–H and O–H groups in total. The summed E-state index contributed by atoms with van der Waals surface area (Å²) in [6, 6.07) is 7.02. The molecule has 24 heavy (non-hydrogen) atoms. The van der Waals surface area contributed by atoms with Gasteiger partial charge in [-0.15, -0.1) is 0 Å². The van der Waals surface area contributed by atoms with Crippen molar-refractivity contribution in [1.82, 2.24) is 19.8 Å². The lowest BCUT2D eigenvalue weighted by Crippen LogP contribution is -2.24. The van der Waals surface area contributed by atoms with Gasteiger partial charge in [-0.05, 0) is 38.6 Å². The second-order valence-electron chi connectivity index (χ2n) is 6.02. The van der Waals surface area contributed by atoms with Crippen molar-refractivity contribution in [3.8, 4) is 0 Å². The van der Waals surface area contributed by atoms with Gasteiger partial charge in [0.15, 0.2) is 5.82 Å². The Morgan fingerprint density at radius 2 is 1.83 bits per heavy atom. The number of rotatable bonds is 7. The lowest BCUT2D eigenvalue weighted by molar-refractivity contribution is 0.364. The normalized spacial score (nSPS) is 14.8. The molecule has 2 atom stereocenters. The number of sulfonamides is 1. The van der Waals surface area contributed by atoms with Gasteiger partial charge in [-0.2, -0.15) is 4.98 Å². The average molecular weight is 352 g/mol. The highest BCUT2D eigenvalue weighted by Crippen LogP contribution is 2.24. The Balaban J connectivity index is 2.17. The highest BCUT2D eigenvalue weighted by Gasteiger charge is 2.20. The quantitative estimate of drug-likeness (QED) is 0.815. The molecule has 0 fully saturated rings. The van der Waals surface area contributed by atoms with E-state index in [9.17, 15) is 8.42 Å². The van der Waals surface area contributed by atoms with Crippen LogP contribution in [0.5, 0.6) is 0 Å². The molecule has 0 aliphatic carbocycles. The third kappa shape index (κ3) is 4.00. The van der Waals surface area contributed by atoms with Crippen molar-refractivity contribution in [2.45, 2.75) is 37.1 Å². The number of hydrogen-bond donors (Lipinski definition) is 1. The minimum Gasteiger partial charge on any atom is -0.339 e. The van der Waals surface area contributed by atoms with Gasteiger partial charge in [-0.3, -0.25) is 0 Å². The third-order valence-electron chi connectivity index (χ3n) is 3.99. The van der Waals surface area contributed by atoms with Crippen LogP contribution in [0.15, 0.2) is 33.7 Å².